The van der Waals surface area contributed by atoms with Crippen LogP contribution in [0.15, 0.2) is 23.1 Å². The van der Waals surface area contributed by atoms with E-state index in [4.69, 9.17) is 23.2 Å². The van der Waals surface area contributed by atoms with Crippen LogP contribution in [0.3, 0.4) is 0 Å². The van der Waals surface area contributed by atoms with Gasteiger partial charge in [-0.1, -0.05) is 36.5 Å². The fraction of sp³-hybridized carbons (Fsp3) is 0.571. The van der Waals surface area contributed by atoms with Gasteiger partial charge in [-0.3, -0.25) is 4.90 Å². The highest BCUT2D eigenvalue weighted by molar-refractivity contribution is 7.99. The Kier molecular flexibility index (Phi) is 5.44. The molecule has 1 N–H and O–H groups in total. The van der Waals surface area contributed by atoms with Crippen LogP contribution < -0.4 is 0 Å². The minimum atomic E-state index is -0.437. The molecule has 5 heteroatoms. The molecular formula is C14H19Cl2NOS. The van der Waals surface area contributed by atoms with Gasteiger partial charge in [0, 0.05) is 35.3 Å². The van der Waals surface area contributed by atoms with E-state index in [1.807, 2.05) is 12.1 Å². The first kappa shape index (κ1) is 15.5. The summed E-state index contributed by atoms with van der Waals surface area (Å²) in [5, 5.41) is 11.6. The SMILES string of the molecule is CCCC1(O)CN(CCSc2cc(Cl)ccc2Cl)C1. The number of thioether (sulfide) groups is 1. The zero-order valence-corrected chi connectivity index (χ0v) is 13.4. The molecule has 106 valence electrons. The van der Waals surface area contributed by atoms with Gasteiger partial charge in [0.05, 0.1) is 10.6 Å². The molecule has 2 nitrogen and oxygen atoms in total. The van der Waals surface area contributed by atoms with Gasteiger partial charge in [0.15, 0.2) is 0 Å². The molecule has 0 unspecified atom stereocenters. The van der Waals surface area contributed by atoms with Crippen LogP contribution in [-0.2, 0) is 0 Å². The molecule has 1 saturated heterocycles. The van der Waals surface area contributed by atoms with Crippen LogP contribution in [0.25, 0.3) is 0 Å². The third kappa shape index (κ3) is 4.27. The average molecular weight is 320 g/mol. The summed E-state index contributed by atoms with van der Waals surface area (Å²) >= 11 is 13.8. The Morgan fingerprint density at radius 1 is 1.37 bits per heavy atom. The van der Waals surface area contributed by atoms with Crippen molar-refractivity contribution in [1.29, 1.82) is 0 Å². The smallest absolute Gasteiger partial charge is 0.0900 e. The zero-order chi connectivity index (χ0) is 13.9. The van der Waals surface area contributed by atoms with Crippen molar-refractivity contribution < 1.29 is 5.11 Å². The van der Waals surface area contributed by atoms with Gasteiger partial charge in [-0.05, 0) is 24.6 Å². The third-order valence-corrected chi connectivity index (χ3v) is 5.02. The van der Waals surface area contributed by atoms with Crippen molar-refractivity contribution in [1.82, 2.24) is 4.90 Å². The van der Waals surface area contributed by atoms with Gasteiger partial charge in [-0.15, -0.1) is 11.8 Å². The van der Waals surface area contributed by atoms with Crippen molar-refractivity contribution >= 4 is 35.0 Å². The second kappa shape index (κ2) is 6.68. The van der Waals surface area contributed by atoms with E-state index in [1.54, 1.807) is 17.8 Å². The molecule has 1 aliphatic rings. The van der Waals surface area contributed by atoms with Crippen molar-refractivity contribution in [3.05, 3.63) is 28.2 Å². The molecule has 0 aromatic heterocycles. The molecule has 0 amide bonds. The molecule has 1 fully saturated rings. The molecule has 1 aromatic carbocycles. The zero-order valence-electron chi connectivity index (χ0n) is 11.0. The molecule has 0 aliphatic carbocycles. The summed E-state index contributed by atoms with van der Waals surface area (Å²) < 4.78 is 0. The van der Waals surface area contributed by atoms with Crippen LogP contribution in [0.4, 0.5) is 0 Å². The molecule has 1 heterocycles. The summed E-state index contributed by atoms with van der Waals surface area (Å²) in [4.78, 5) is 3.31. The van der Waals surface area contributed by atoms with Gasteiger partial charge >= 0.3 is 0 Å². The molecular weight excluding hydrogens is 301 g/mol. The van der Waals surface area contributed by atoms with Gasteiger partial charge in [-0.2, -0.15) is 0 Å². The lowest BCUT2D eigenvalue weighted by Crippen LogP contribution is -2.61. The summed E-state index contributed by atoms with van der Waals surface area (Å²) in [5.74, 6) is 0.961. The molecule has 2 rings (SSSR count). The number of hydrogen-bond acceptors (Lipinski definition) is 3. The van der Waals surface area contributed by atoms with E-state index in [2.05, 4.69) is 11.8 Å². The fourth-order valence-corrected chi connectivity index (χ4v) is 3.94. The van der Waals surface area contributed by atoms with Crippen molar-refractivity contribution in [3.63, 3.8) is 0 Å². The monoisotopic (exact) mass is 319 g/mol. The number of rotatable bonds is 6. The van der Waals surface area contributed by atoms with E-state index < -0.39 is 5.60 Å². The van der Waals surface area contributed by atoms with E-state index in [9.17, 15) is 5.11 Å². The minimum absolute atomic E-state index is 0.437. The standard InChI is InChI=1S/C14H19Cl2NOS/c1-2-5-14(18)9-17(10-14)6-7-19-13-8-11(15)3-4-12(13)16/h3-4,8,18H,2,5-7,9-10H2,1H3. The lowest BCUT2D eigenvalue weighted by molar-refractivity contribution is -0.0999. The van der Waals surface area contributed by atoms with Crippen LogP contribution in [0.1, 0.15) is 19.8 Å². The highest BCUT2D eigenvalue weighted by Gasteiger charge is 2.39. The van der Waals surface area contributed by atoms with Crippen molar-refractivity contribution in [3.8, 4) is 0 Å². The summed E-state index contributed by atoms with van der Waals surface area (Å²) in [5.41, 5.74) is -0.437. The topological polar surface area (TPSA) is 23.5 Å². The molecule has 0 radical (unpaired) electrons. The Morgan fingerprint density at radius 2 is 2.11 bits per heavy atom. The third-order valence-electron chi connectivity index (χ3n) is 3.31. The Hall–Kier alpha value is 0.0700. The molecule has 19 heavy (non-hydrogen) atoms. The number of aliphatic hydroxyl groups is 1. The molecule has 0 saturated carbocycles. The van der Waals surface area contributed by atoms with E-state index >= 15 is 0 Å². The highest BCUT2D eigenvalue weighted by atomic mass is 35.5. The summed E-state index contributed by atoms with van der Waals surface area (Å²) in [6.45, 7) is 4.67. The van der Waals surface area contributed by atoms with Gasteiger partial charge in [-0.25, -0.2) is 0 Å². The van der Waals surface area contributed by atoms with Crippen LogP contribution >= 0.6 is 35.0 Å². The Balaban J connectivity index is 1.72. The number of nitrogens with zero attached hydrogens (tertiary/aromatic N) is 1. The largest absolute Gasteiger partial charge is 0.387 e. The molecule has 0 bridgehead atoms. The van der Waals surface area contributed by atoms with Crippen LogP contribution in [0.5, 0.6) is 0 Å². The van der Waals surface area contributed by atoms with E-state index in [0.717, 1.165) is 48.1 Å². The predicted octanol–water partition coefficient (Wildman–Crippen LogP) is 3.93. The van der Waals surface area contributed by atoms with Gasteiger partial charge in [0.2, 0.25) is 0 Å². The summed E-state index contributed by atoms with van der Waals surface area (Å²) in [7, 11) is 0. The molecule has 0 spiro atoms. The van der Waals surface area contributed by atoms with Crippen molar-refractivity contribution in [2.45, 2.75) is 30.3 Å². The molecule has 1 aliphatic heterocycles. The van der Waals surface area contributed by atoms with E-state index in [-0.39, 0.29) is 0 Å². The van der Waals surface area contributed by atoms with Gasteiger partial charge < -0.3 is 5.11 Å². The lowest BCUT2D eigenvalue weighted by Gasteiger charge is -2.46. The van der Waals surface area contributed by atoms with E-state index in [0.29, 0.717) is 5.02 Å². The number of halogens is 2. The van der Waals surface area contributed by atoms with Crippen LogP contribution in [0, 0.1) is 0 Å². The maximum atomic E-state index is 10.1. The van der Waals surface area contributed by atoms with Crippen molar-refractivity contribution in [2.24, 2.45) is 0 Å². The van der Waals surface area contributed by atoms with Gasteiger partial charge in [0.25, 0.3) is 0 Å². The quantitative estimate of drug-likeness (QED) is 0.803. The average Bonchev–Trinajstić information content (AvgIpc) is 2.32. The number of hydrogen-bond donors (Lipinski definition) is 1. The maximum absolute atomic E-state index is 10.1. The summed E-state index contributed by atoms with van der Waals surface area (Å²) in [6, 6.07) is 5.53. The lowest BCUT2D eigenvalue weighted by atomic mass is 9.89. The van der Waals surface area contributed by atoms with Crippen molar-refractivity contribution in [2.75, 3.05) is 25.4 Å². The van der Waals surface area contributed by atoms with Crippen LogP contribution in [-0.4, -0.2) is 41.0 Å². The first-order valence-corrected chi connectivity index (χ1v) is 8.29. The normalized spacial score (nSPS) is 18.3. The Labute approximate surface area is 129 Å². The molecule has 1 aromatic rings. The fourth-order valence-electron chi connectivity index (χ4n) is 2.44. The molecule has 0 atom stereocenters. The first-order valence-electron chi connectivity index (χ1n) is 6.55. The number of benzene rings is 1. The number of β-amino-alcohol motifs (C(OH)–C–C–N with tert-alkyl or cyclic N) is 1. The Bertz CT molecular complexity index is 435. The highest BCUT2D eigenvalue weighted by Crippen LogP contribution is 2.31. The first-order chi connectivity index (χ1) is 9.02. The minimum Gasteiger partial charge on any atom is -0.387 e. The second-order valence-electron chi connectivity index (χ2n) is 5.11. The maximum Gasteiger partial charge on any atom is 0.0900 e. The van der Waals surface area contributed by atoms with Gasteiger partial charge in [0.1, 0.15) is 0 Å². The second-order valence-corrected chi connectivity index (χ2v) is 7.09. The number of likely N-dealkylation sites (tertiary alicyclic amines) is 1. The Morgan fingerprint density at radius 3 is 2.79 bits per heavy atom. The van der Waals surface area contributed by atoms with E-state index in [1.165, 1.54) is 0 Å². The van der Waals surface area contributed by atoms with Crippen LogP contribution in [0.2, 0.25) is 10.0 Å². The predicted molar refractivity (Wildman–Crippen MR) is 83.5 cm³/mol. The summed E-state index contributed by atoms with van der Waals surface area (Å²) in [6.07, 6.45) is 1.94.